The first-order valence-electron chi connectivity index (χ1n) is 6.40. The van der Waals surface area contributed by atoms with Crippen LogP contribution in [0.4, 0.5) is 20.2 Å². The van der Waals surface area contributed by atoms with Gasteiger partial charge in [-0.25, -0.2) is 8.78 Å². The van der Waals surface area contributed by atoms with Crippen molar-refractivity contribution in [1.29, 1.82) is 0 Å². The molecular weight excluding hydrogens is 310 g/mol. The molecule has 0 saturated heterocycles. The summed E-state index contributed by atoms with van der Waals surface area (Å²) in [5, 5.41) is 11.1. The van der Waals surface area contributed by atoms with Crippen molar-refractivity contribution in [3.8, 4) is 5.75 Å². The Kier molecular flexibility index (Phi) is 4.54. The number of rotatable bonds is 4. The maximum Gasteiger partial charge on any atom is 0.282 e. The Balaban J connectivity index is 2.50. The highest BCUT2D eigenvalue weighted by Crippen LogP contribution is 2.28. The van der Waals surface area contributed by atoms with Crippen molar-refractivity contribution in [2.24, 2.45) is 0 Å². The molecule has 1 amide bonds. The van der Waals surface area contributed by atoms with Gasteiger partial charge in [-0.15, -0.1) is 0 Å². The molecule has 0 N–H and O–H groups in total. The summed E-state index contributed by atoms with van der Waals surface area (Å²) in [5.41, 5.74) is -1.08. The molecule has 0 aliphatic heterocycles. The van der Waals surface area contributed by atoms with Gasteiger partial charge in [-0.05, 0) is 24.3 Å². The predicted molar refractivity (Wildman–Crippen MR) is 78.7 cm³/mol. The number of hydrogen-bond acceptors (Lipinski definition) is 4. The van der Waals surface area contributed by atoms with Gasteiger partial charge >= 0.3 is 0 Å². The zero-order valence-corrected chi connectivity index (χ0v) is 12.2. The van der Waals surface area contributed by atoms with Crippen LogP contribution < -0.4 is 9.64 Å². The molecule has 6 nitrogen and oxygen atoms in total. The molecule has 0 unspecified atom stereocenters. The molecule has 120 valence electrons. The molecule has 2 aromatic rings. The summed E-state index contributed by atoms with van der Waals surface area (Å²) in [7, 11) is 2.54. The molecular formula is C15H12F2N2O4. The first kappa shape index (κ1) is 16.3. The van der Waals surface area contributed by atoms with Crippen LogP contribution in [-0.4, -0.2) is 25.0 Å². The summed E-state index contributed by atoms with van der Waals surface area (Å²) in [6.45, 7) is 0. The Labute approximate surface area is 130 Å². The number of benzene rings is 2. The SMILES string of the molecule is COc1ccc([N+](=O)[O-])c(C(=O)N(C)c2cc(F)ccc2F)c1. The quantitative estimate of drug-likeness (QED) is 0.640. The number of carbonyl (C=O) groups excluding carboxylic acids is 1. The molecule has 0 aromatic heterocycles. The smallest absolute Gasteiger partial charge is 0.282 e. The van der Waals surface area contributed by atoms with Gasteiger partial charge in [0.15, 0.2) is 0 Å². The zero-order valence-electron chi connectivity index (χ0n) is 12.2. The van der Waals surface area contributed by atoms with E-state index in [-0.39, 0.29) is 17.0 Å². The number of halogens is 2. The number of anilines is 1. The number of amides is 1. The van der Waals surface area contributed by atoms with E-state index in [2.05, 4.69) is 0 Å². The van der Waals surface area contributed by atoms with Crippen LogP contribution in [-0.2, 0) is 0 Å². The second kappa shape index (κ2) is 6.39. The van der Waals surface area contributed by atoms with E-state index in [0.29, 0.717) is 0 Å². The van der Waals surface area contributed by atoms with E-state index in [1.807, 2.05) is 0 Å². The van der Waals surface area contributed by atoms with Gasteiger partial charge in [0.05, 0.1) is 17.7 Å². The summed E-state index contributed by atoms with van der Waals surface area (Å²) in [6.07, 6.45) is 0. The fraction of sp³-hybridized carbons (Fsp3) is 0.133. The van der Waals surface area contributed by atoms with Crippen LogP contribution in [0.5, 0.6) is 5.75 Å². The molecule has 0 atom stereocenters. The number of ether oxygens (including phenoxy) is 1. The summed E-state index contributed by atoms with van der Waals surface area (Å²) in [5.74, 6) is -2.19. The lowest BCUT2D eigenvalue weighted by Gasteiger charge is -2.18. The minimum Gasteiger partial charge on any atom is -0.497 e. The zero-order chi connectivity index (χ0) is 17.1. The molecule has 0 saturated carbocycles. The minimum absolute atomic E-state index is 0.229. The molecule has 0 spiro atoms. The topological polar surface area (TPSA) is 72.7 Å². The van der Waals surface area contributed by atoms with E-state index >= 15 is 0 Å². The average molecular weight is 322 g/mol. The van der Waals surface area contributed by atoms with Crippen molar-refractivity contribution in [3.05, 3.63) is 63.7 Å². The highest BCUT2D eigenvalue weighted by atomic mass is 19.1. The number of methoxy groups -OCH3 is 1. The lowest BCUT2D eigenvalue weighted by atomic mass is 10.1. The van der Waals surface area contributed by atoms with E-state index < -0.39 is 28.2 Å². The Morgan fingerprint density at radius 1 is 1.22 bits per heavy atom. The number of hydrogen-bond donors (Lipinski definition) is 0. The summed E-state index contributed by atoms with van der Waals surface area (Å²) < 4.78 is 32.0. The molecule has 0 fully saturated rings. The fourth-order valence-electron chi connectivity index (χ4n) is 2.01. The van der Waals surface area contributed by atoms with Crippen LogP contribution in [0.2, 0.25) is 0 Å². The third-order valence-corrected chi connectivity index (χ3v) is 3.20. The Hall–Kier alpha value is -3.03. The van der Waals surface area contributed by atoms with E-state index in [1.165, 1.54) is 26.3 Å². The lowest BCUT2D eigenvalue weighted by Crippen LogP contribution is -2.28. The highest BCUT2D eigenvalue weighted by Gasteiger charge is 2.26. The van der Waals surface area contributed by atoms with Crippen LogP contribution in [0.25, 0.3) is 0 Å². The van der Waals surface area contributed by atoms with E-state index in [0.717, 1.165) is 29.2 Å². The molecule has 0 bridgehead atoms. The van der Waals surface area contributed by atoms with Gasteiger partial charge in [-0.2, -0.15) is 0 Å². The van der Waals surface area contributed by atoms with Gasteiger partial charge < -0.3 is 9.64 Å². The van der Waals surface area contributed by atoms with Crippen molar-refractivity contribution in [2.75, 3.05) is 19.1 Å². The largest absolute Gasteiger partial charge is 0.497 e. The first-order chi connectivity index (χ1) is 10.8. The van der Waals surface area contributed by atoms with Crippen molar-refractivity contribution < 1.29 is 23.2 Å². The van der Waals surface area contributed by atoms with Crippen LogP contribution in [0.1, 0.15) is 10.4 Å². The molecule has 0 radical (unpaired) electrons. The molecule has 23 heavy (non-hydrogen) atoms. The van der Waals surface area contributed by atoms with Gasteiger partial charge in [0.2, 0.25) is 0 Å². The van der Waals surface area contributed by atoms with Gasteiger partial charge in [-0.3, -0.25) is 14.9 Å². The van der Waals surface area contributed by atoms with E-state index in [9.17, 15) is 23.7 Å². The van der Waals surface area contributed by atoms with E-state index in [1.54, 1.807) is 0 Å². The van der Waals surface area contributed by atoms with Gasteiger partial charge in [0.25, 0.3) is 11.6 Å². The van der Waals surface area contributed by atoms with Gasteiger partial charge in [0.1, 0.15) is 22.9 Å². The number of nitrogens with zero attached hydrogens (tertiary/aromatic N) is 2. The van der Waals surface area contributed by atoms with Gasteiger partial charge in [0, 0.05) is 19.2 Å². The van der Waals surface area contributed by atoms with E-state index in [4.69, 9.17) is 4.74 Å². The first-order valence-corrected chi connectivity index (χ1v) is 6.40. The third-order valence-electron chi connectivity index (χ3n) is 3.20. The van der Waals surface area contributed by atoms with Crippen molar-refractivity contribution in [1.82, 2.24) is 0 Å². The monoisotopic (exact) mass is 322 g/mol. The molecule has 8 heteroatoms. The van der Waals surface area contributed by atoms with Crippen LogP contribution in [0, 0.1) is 21.7 Å². The third kappa shape index (κ3) is 3.25. The highest BCUT2D eigenvalue weighted by molar-refractivity contribution is 6.08. The van der Waals surface area contributed by atoms with Crippen LogP contribution in [0.15, 0.2) is 36.4 Å². The molecule has 0 heterocycles. The maximum atomic E-state index is 13.8. The molecule has 0 aliphatic rings. The average Bonchev–Trinajstić information content (AvgIpc) is 2.54. The maximum absolute atomic E-state index is 13.8. The summed E-state index contributed by atoms with van der Waals surface area (Å²) in [4.78, 5) is 23.6. The minimum atomic E-state index is -0.861. The number of nitro groups is 1. The van der Waals surface area contributed by atoms with Gasteiger partial charge in [-0.1, -0.05) is 0 Å². The predicted octanol–water partition coefficient (Wildman–Crippen LogP) is 3.16. The second-order valence-electron chi connectivity index (χ2n) is 4.60. The molecule has 0 aliphatic carbocycles. The summed E-state index contributed by atoms with van der Waals surface area (Å²) >= 11 is 0. The Morgan fingerprint density at radius 2 is 1.91 bits per heavy atom. The Bertz CT molecular complexity index is 780. The lowest BCUT2D eigenvalue weighted by molar-refractivity contribution is -0.385. The Morgan fingerprint density at radius 3 is 2.52 bits per heavy atom. The second-order valence-corrected chi connectivity index (χ2v) is 4.60. The summed E-state index contributed by atoms with van der Waals surface area (Å²) in [6, 6.07) is 6.23. The number of nitro benzene ring substituents is 1. The van der Waals surface area contributed by atoms with Crippen LogP contribution >= 0.6 is 0 Å². The van der Waals surface area contributed by atoms with Crippen molar-refractivity contribution in [3.63, 3.8) is 0 Å². The standard InChI is InChI=1S/C15H12F2N2O4/c1-18(14-7-9(16)3-5-12(14)17)15(20)11-8-10(23-2)4-6-13(11)19(21)22/h3-8H,1-2H3. The van der Waals surface area contributed by atoms with Crippen molar-refractivity contribution >= 4 is 17.3 Å². The molecule has 2 aromatic carbocycles. The number of carbonyl (C=O) groups is 1. The fourth-order valence-corrected chi connectivity index (χ4v) is 2.01. The van der Waals surface area contributed by atoms with Crippen molar-refractivity contribution in [2.45, 2.75) is 0 Å². The molecule has 2 rings (SSSR count). The normalized spacial score (nSPS) is 10.3. The van der Waals surface area contributed by atoms with Crippen LogP contribution in [0.3, 0.4) is 0 Å².